The SMILES string of the molecule is C=C(C(=O)[C@H](O)[C@@H](C)[C@H]1[C@@H](OC(C)=O)C[C@@]2(C)[C@@H]3CC[C@H]4[C@H](C)C(=O)C=C[C@@]45C[C@@]35CC[C@]12C)[C@@H](C)COC(C)=O. The molecule has 0 unspecified atom stereocenters. The van der Waals surface area contributed by atoms with Gasteiger partial charge < -0.3 is 14.6 Å². The van der Waals surface area contributed by atoms with Crippen LogP contribution < -0.4 is 0 Å². The van der Waals surface area contributed by atoms with Gasteiger partial charge in [0, 0.05) is 31.6 Å². The van der Waals surface area contributed by atoms with E-state index < -0.39 is 35.8 Å². The molecule has 0 aromatic heterocycles. The second kappa shape index (κ2) is 9.89. The number of Topliss-reactive ketones (excluding diaryl/α,β-unsaturated/α-hetero) is 1. The van der Waals surface area contributed by atoms with Crippen LogP contribution in [0.4, 0.5) is 0 Å². The zero-order valence-corrected chi connectivity index (χ0v) is 25.8. The van der Waals surface area contributed by atoms with Crippen molar-refractivity contribution in [1.82, 2.24) is 0 Å². The summed E-state index contributed by atoms with van der Waals surface area (Å²) < 4.78 is 11.1. The first kappa shape index (κ1) is 30.2. The summed E-state index contributed by atoms with van der Waals surface area (Å²) in [4.78, 5) is 49.7. The molecule has 0 radical (unpaired) electrons. The number of aliphatic hydroxyl groups is 1. The number of esters is 2. The predicted molar refractivity (Wildman–Crippen MR) is 153 cm³/mol. The Morgan fingerprint density at radius 1 is 1.10 bits per heavy atom. The van der Waals surface area contributed by atoms with Crippen LogP contribution in [0.3, 0.4) is 0 Å². The van der Waals surface area contributed by atoms with E-state index in [4.69, 9.17) is 9.47 Å². The second-order valence-corrected chi connectivity index (χ2v) is 14.7. The van der Waals surface area contributed by atoms with E-state index >= 15 is 0 Å². The topological polar surface area (TPSA) is 107 Å². The Morgan fingerprint density at radius 2 is 1.78 bits per heavy atom. The van der Waals surface area contributed by atoms with Gasteiger partial charge in [0.15, 0.2) is 11.6 Å². The first-order chi connectivity index (χ1) is 19.1. The lowest BCUT2D eigenvalue weighted by atomic mass is 9.43. The van der Waals surface area contributed by atoms with E-state index in [1.807, 2.05) is 13.0 Å². The molecule has 4 fully saturated rings. The first-order valence-corrected chi connectivity index (χ1v) is 15.5. The van der Waals surface area contributed by atoms with Gasteiger partial charge in [-0.25, -0.2) is 0 Å². The van der Waals surface area contributed by atoms with E-state index in [0.717, 1.165) is 32.1 Å². The van der Waals surface area contributed by atoms with E-state index in [1.165, 1.54) is 13.8 Å². The molecule has 0 amide bonds. The van der Waals surface area contributed by atoms with Crippen molar-refractivity contribution in [2.24, 2.45) is 57.2 Å². The van der Waals surface area contributed by atoms with Crippen LogP contribution in [0.5, 0.6) is 0 Å². The van der Waals surface area contributed by atoms with Crippen molar-refractivity contribution in [1.29, 1.82) is 0 Å². The maximum Gasteiger partial charge on any atom is 0.302 e. The van der Waals surface area contributed by atoms with Crippen LogP contribution in [-0.4, -0.2) is 47.4 Å². The van der Waals surface area contributed by atoms with E-state index in [0.29, 0.717) is 18.3 Å². The number of fused-ring (bicyclic) bond motifs is 2. The summed E-state index contributed by atoms with van der Waals surface area (Å²) in [5.41, 5.74) is 0.0575. The van der Waals surface area contributed by atoms with Crippen molar-refractivity contribution in [2.75, 3.05) is 6.61 Å². The van der Waals surface area contributed by atoms with Crippen LogP contribution in [0.1, 0.15) is 87.0 Å². The predicted octanol–water partition coefficient (Wildman–Crippen LogP) is 5.24. The Kier molecular flexibility index (Phi) is 7.28. The molecule has 41 heavy (non-hydrogen) atoms. The molecular formula is C34H48O7. The number of carbonyl (C=O) groups is 4. The standard InChI is InChI=1S/C34H48O7/c1-18(16-40-22(5)35)19(2)29(38)30(39)21(4)28-26(41-23(6)36)15-32(8)27-10-9-24-20(3)25(37)11-12-33(24)17-34(27,33)14-13-31(28,32)7/h11-12,18,20-21,24,26-28,30,39H,2,9-10,13-17H2,1,3-8H3/t18-,20-,21-,24-,26-,27-,28-,30+,31+,32-,33+,34-/m0/s1. The van der Waals surface area contributed by atoms with Gasteiger partial charge in [-0.3, -0.25) is 19.2 Å². The molecule has 0 heterocycles. The van der Waals surface area contributed by atoms with E-state index in [-0.39, 0.29) is 57.4 Å². The molecule has 4 saturated carbocycles. The molecule has 7 heteroatoms. The summed E-state index contributed by atoms with van der Waals surface area (Å²) >= 11 is 0. The zero-order chi connectivity index (χ0) is 30.3. The van der Waals surface area contributed by atoms with Crippen molar-refractivity contribution in [3.63, 3.8) is 0 Å². The average Bonchev–Trinajstić information content (AvgIpc) is 3.52. The summed E-state index contributed by atoms with van der Waals surface area (Å²) in [5, 5.41) is 11.5. The Morgan fingerprint density at radius 3 is 2.41 bits per heavy atom. The minimum absolute atomic E-state index is 0.0292. The highest BCUT2D eigenvalue weighted by Crippen LogP contribution is 2.87. The van der Waals surface area contributed by atoms with Crippen molar-refractivity contribution in [2.45, 2.75) is 99.2 Å². The van der Waals surface area contributed by atoms with Gasteiger partial charge >= 0.3 is 11.9 Å². The molecule has 5 aliphatic rings. The van der Waals surface area contributed by atoms with Gasteiger partial charge in [0.2, 0.25) is 0 Å². The van der Waals surface area contributed by atoms with Gasteiger partial charge in [0.1, 0.15) is 12.2 Å². The molecule has 0 bridgehead atoms. The minimum Gasteiger partial charge on any atom is -0.465 e. The van der Waals surface area contributed by atoms with E-state index in [1.54, 1.807) is 6.92 Å². The van der Waals surface area contributed by atoms with Gasteiger partial charge in [-0.2, -0.15) is 0 Å². The molecule has 1 N–H and O–H groups in total. The molecular weight excluding hydrogens is 520 g/mol. The highest BCUT2D eigenvalue weighted by Gasteiger charge is 2.81. The third-order valence-electron chi connectivity index (χ3n) is 13.1. The molecule has 5 aliphatic carbocycles. The van der Waals surface area contributed by atoms with Crippen molar-refractivity contribution >= 4 is 23.5 Å². The molecule has 0 aliphatic heterocycles. The normalized spacial score (nSPS) is 44.3. The van der Waals surface area contributed by atoms with Gasteiger partial charge in [-0.05, 0) is 89.6 Å². The van der Waals surface area contributed by atoms with Gasteiger partial charge in [-0.15, -0.1) is 0 Å². The zero-order valence-electron chi connectivity index (χ0n) is 25.8. The minimum atomic E-state index is -1.31. The number of aliphatic hydroxyl groups excluding tert-OH is 1. The third kappa shape index (κ3) is 4.15. The van der Waals surface area contributed by atoms with E-state index in [9.17, 15) is 24.3 Å². The van der Waals surface area contributed by atoms with Crippen LogP contribution in [0.15, 0.2) is 24.3 Å². The van der Waals surface area contributed by atoms with Crippen LogP contribution in [0.2, 0.25) is 0 Å². The Bertz CT molecular complexity index is 1200. The quantitative estimate of drug-likeness (QED) is 0.315. The summed E-state index contributed by atoms with van der Waals surface area (Å²) in [6.45, 7) is 17.1. The highest BCUT2D eigenvalue weighted by molar-refractivity contribution is 5.98. The lowest BCUT2D eigenvalue weighted by Gasteiger charge is -2.61. The lowest BCUT2D eigenvalue weighted by Crippen LogP contribution is -2.56. The molecule has 226 valence electrons. The Hall–Kier alpha value is -2.28. The molecule has 12 atom stereocenters. The fourth-order valence-electron chi connectivity index (χ4n) is 10.9. The molecule has 0 aromatic carbocycles. The highest BCUT2D eigenvalue weighted by atomic mass is 16.5. The summed E-state index contributed by atoms with van der Waals surface area (Å²) in [7, 11) is 0. The summed E-state index contributed by atoms with van der Waals surface area (Å²) in [6, 6.07) is 0. The lowest BCUT2D eigenvalue weighted by molar-refractivity contribution is -0.155. The van der Waals surface area contributed by atoms with Gasteiger partial charge in [0.25, 0.3) is 0 Å². The summed E-state index contributed by atoms with van der Waals surface area (Å²) in [6.07, 6.45) is 8.23. The third-order valence-corrected chi connectivity index (χ3v) is 13.1. The fraction of sp³-hybridized carbons (Fsp3) is 0.765. The number of ketones is 2. The molecule has 7 nitrogen and oxygen atoms in total. The summed E-state index contributed by atoms with van der Waals surface area (Å²) in [5.74, 6) is -1.21. The monoisotopic (exact) mass is 568 g/mol. The Labute approximate surface area is 244 Å². The number of allylic oxidation sites excluding steroid dienone is 2. The van der Waals surface area contributed by atoms with E-state index in [2.05, 4.69) is 33.4 Å². The molecule has 5 rings (SSSR count). The van der Waals surface area contributed by atoms with Crippen LogP contribution in [0.25, 0.3) is 0 Å². The fourth-order valence-corrected chi connectivity index (χ4v) is 10.9. The van der Waals surface area contributed by atoms with Crippen molar-refractivity contribution in [3.8, 4) is 0 Å². The first-order valence-electron chi connectivity index (χ1n) is 15.5. The Balaban J connectivity index is 1.45. The molecule has 0 saturated heterocycles. The largest absolute Gasteiger partial charge is 0.465 e. The second-order valence-electron chi connectivity index (χ2n) is 14.7. The number of carbonyl (C=O) groups excluding carboxylic acids is 4. The van der Waals surface area contributed by atoms with Crippen LogP contribution in [0, 0.1) is 57.2 Å². The van der Waals surface area contributed by atoms with Gasteiger partial charge in [-0.1, -0.05) is 47.3 Å². The van der Waals surface area contributed by atoms with Crippen LogP contribution >= 0.6 is 0 Å². The number of rotatable bonds is 8. The molecule has 0 aromatic rings. The van der Waals surface area contributed by atoms with Crippen LogP contribution in [-0.2, 0) is 28.7 Å². The maximum atomic E-state index is 13.5. The maximum absolute atomic E-state index is 13.5. The van der Waals surface area contributed by atoms with Gasteiger partial charge in [0.05, 0.1) is 6.61 Å². The average molecular weight is 569 g/mol. The number of ether oxygens (including phenoxy) is 2. The number of hydrogen-bond acceptors (Lipinski definition) is 7. The van der Waals surface area contributed by atoms with Crippen molar-refractivity contribution < 1.29 is 33.8 Å². The van der Waals surface area contributed by atoms with Crippen molar-refractivity contribution in [3.05, 3.63) is 24.3 Å². The smallest absolute Gasteiger partial charge is 0.302 e. The number of hydrogen-bond donors (Lipinski definition) is 1. The molecule has 2 spiro atoms.